The van der Waals surface area contributed by atoms with Crippen molar-refractivity contribution in [3.8, 4) is 5.75 Å². The molecule has 1 atom stereocenters. The highest BCUT2D eigenvalue weighted by atomic mass is 32.2. The molecule has 2 aliphatic heterocycles. The maximum absolute atomic E-state index is 13.8. The molecule has 29 heavy (non-hydrogen) atoms. The Balaban J connectivity index is 1.61. The van der Waals surface area contributed by atoms with Gasteiger partial charge in [-0.2, -0.15) is 0 Å². The maximum Gasteiger partial charge on any atom is 0.268 e. The van der Waals surface area contributed by atoms with Crippen LogP contribution in [-0.2, 0) is 21.0 Å². The summed E-state index contributed by atoms with van der Waals surface area (Å²) in [6, 6.07) is 11.8. The summed E-state index contributed by atoms with van der Waals surface area (Å²) in [7, 11) is 1.59. The quantitative estimate of drug-likeness (QED) is 0.771. The van der Waals surface area contributed by atoms with Crippen LogP contribution < -0.4 is 9.64 Å². The van der Waals surface area contributed by atoms with Gasteiger partial charge in [0.25, 0.3) is 5.91 Å². The van der Waals surface area contributed by atoms with Crippen molar-refractivity contribution in [1.29, 1.82) is 0 Å². The van der Waals surface area contributed by atoms with E-state index in [0.29, 0.717) is 23.6 Å². The molecule has 0 unspecified atom stereocenters. The van der Waals surface area contributed by atoms with Crippen LogP contribution >= 0.6 is 11.8 Å². The Bertz CT molecular complexity index is 1010. The lowest BCUT2D eigenvalue weighted by Crippen LogP contribution is -2.50. The van der Waals surface area contributed by atoms with Gasteiger partial charge in [-0.15, -0.1) is 11.8 Å². The zero-order chi connectivity index (χ0) is 20.2. The molecule has 0 bridgehead atoms. The number of ether oxygens (including phenoxy) is 1. The van der Waals surface area contributed by atoms with Crippen molar-refractivity contribution in [3.05, 3.63) is 59.4 Å². The molecule has 150 valence electrons. The molecule has 0 N–H and O–H groups in total. The van der Waals surface area contributed by atoms with E-state index >= 15 is 0 Å². The Morgan fingerprint density at radius 3 is 2.83 bits per heavy atom. The fraction of sp³-hybridized carbons (Fsp3) is 0.364. The summed E-state index contributed by atoms with van der Waals surface area (Å²) >= 11 is 1.51. The zero-order valence-electron chi connectivity index (χ0n) is 16.1. The first-order valence-electron chi connectivity index (χ1n) is 9.75. The first kappa shape index (κ1) is 18.5. The number of thioether (sulfide) groups is 1. The Labute approximate surface area is 172 Å². The van der Waals surface area contributed by atoms with Crippen LogP contribution in [0.5, 0.6) is 5.75 Å². The molecule has 2 fully saturated rings. The number of halogens is 1. The molecular formula is C22H21FN2O3S. The van der Waals surface area contributed by atoms with E-state index in [1.807, 2.05) is 18.2 Å². The smallest absolute Gasteiger partial charge is 0.268 e. The summed E-state index contributed by atoms with van der Waals surface area (Å²) in [5.41, 5.74) is 2.25. The average molecular weight is 412 g/mol. The Hall–Kier alpha value is -2.54. The van der Waals surface area contributed by atoms with Gasteiger partial charge in [-0.25, -0.2) is 4.39 Å². The first-order chi connectivity index (χ1) is 14.0. The standard InChI is InChI=1S/C22H21FN2O3S/c1-28-17-7-8-19-18(12-17)22(25(9-10-29-22)20(26)15-5-6-15)21(27)24(19)13-14-3-2-4-16(23)11-14/h2-4,7-8,11-12,15H,5-6,9-10,13H2,1H3/t22-/m1/s1. The highest BCUT2D eigenvalue weighted by molar-refractivity contribution is 8.01. The minimum Gasteiger partial charge on any atom is -0.497 e. The zero-order valence-corrected chi connectivity index (χ0v) is 16.9. The summed E-state index contributed by atoms with van der Waals surface area (Å²) in [4.78, 5) is 29.2. The molecule has 5 rings (SSSR count). The van der Waals surface area contributed by atoms with Crippen molar-refractivity contribution in [2.75, 3.05) is 24.3 Å². The highest BCUT2D eigenvalue weighted by Crippen LogP contribution is 2.56. The molecule has 1 saturated heterocycles. The molecular weight excluding hydrogens is 391 g/mol. The molecule has 2 amide bonds. The molecule has 3 aliphatic rings. The molecule has 2 aromatic rings. The normalized spacial score (nSPS) is 23.0. The number of methoxy groups -OCH3 is 1. The van der Waals surface area contributed by atoms with Crippen molar-refractivity contribution in [1.82, 2.24) is 4.90 Å². The number of benzene rings is 2. The van der Waals surface area contributed by atoms with Crippen molar-refractivity contribution in [2.45, 2.75) is 24.3 Å². The van der Waals surface area contributed by atoms with Gasteiger partial charge >= 0.3 is 0 Å². The van der Waals surface area contributed by atoms with Crippen LogP contribution in [0.15, 0.2) is 42.5 Å². The maximum atomic E-state index is 13.8. The number of anilines is 1. The number of hydrogen-bond acceptors (Lipinski definition) is 4. The van der Waals surface area contributed by atoms with Crippen molar-refractivity contribution in [2.24, 2.45) is 5.92 Å². The molecule has 0 radical (unpaired) electrons. The lowest BCUT2D eigenvalue weighted by Gasteiger charge is -2.33. The second-order valence-electron chi connectivity index (χ2n) is 7.66. The van der Waals surface area contributed by atoms with Crippen molar-refractivity contribution >= 4 is 29.3 Å². The van der Waals surface area contributed by atoms with Crippen molar-refractivity contribution < 1.29 is 18.7 Å². The largest absolute Gasteiger partial charge is 0.497 e. The third kappa shape index (κ3) is 2.82. The minimum absolute atomic E-state index is 0.0321. The average Bonchev–Trinajstić information content (AvgIpc) is 3.44. The van der Waals surface area contributed by atoms with Gasteiger partial charge in [-0.3, -0.25) is 9.59 Å². The molecule has 1 saturated carbocycles. The number of carbonyl (C=O) groups is 2. The van der Waals surface area contributed by atoms with E-state index in [1.165, 1.54) is 23.9 Å². The lowest BCUT2D eigenvalue weighted by atomic mass is 10.0. The minimum atomic E-state index is -1.06. The van der Waals surface area contributed by atoms with E-state index in [1.54, 1.807) is 29.0 Å². The van der Waals surface area contributed by atoms with Crippen molar-refractivity contribution in [3.63, 3.8) is 0 Å². The Kier molecular flexibility index (Phi) is 4.31. The number of hydrogen-bond donors (Lipinski definition) is 0. The molecule has 7 heteroatoms. The van der Waals surface area contributed by atoms with Gasteiger partial charge in [0.15, 0.2) is 4.87 Å². The van der Waals surface area contributed by atoms with Gasteiger partial charge in [-0.1, -0.05) is 12.1 Å². The molecule has 2 aromatic carbocycles. The van der Waals surface area contributed by atoms with Crippen LogP contribution in [0, 0.1) is 11.7 Å². The van der Waals surface area contributed by atoms with Crippen LogP contribution in [0.1, 0.15) is 24.0 Å². The second-order valence-corrected chi connectivity index (χ2v) is 8.95. The van der Waals surface area contributed by atoms with Gasteiger partial charge < -0.3 is 14.5 Å². The van der Waals surface area contributed by atoms with Gasteiger partial charge in [0.2, 0.25) is 5.91 Å². The summed E-state index contributed by atoms with van der Waals surface area (Å²) in [5.74, 6) is 0.972. The third-order valence-corrected chi connectivity index (χ3v) is 7.24. The number of amides is 2. The molecule has 2 heterocycles. The van der Waals surface area contributed by atoms with Gasteiger partial charge in [0, 0.05) is 23.8 Å². The second kappa shape index (κ2) is 6.76. The summed E-state index contributed by atoms with van der Waals surface area (Å²) in [5, 5.41) is 0. The third-order valence-electron chi connectivity index (χ3n) is 5.82. The molecule has 1 spiro atoms. The van der Waals surface area contributed by atoms with E-state index in [0.717, 1.165) is 24.1 Å². The molecule has 1 aliphatic carbocycles. The number of rotatable bonds is 4. The topological polar surface area (TPSA) is 49.9 Å². The monoisotopic (exact) mass is 412 g/mol. The Morgan fingerprint density at radius 1 is 1.28 bits per heavy atom. The fourth-order valence-electron chi connectivity index (χ4n) is 4.27. The van der Waals surface area contributed by atoms with E-state index in [4.69, 9.17) is 4.74 Å². The number of nitrogens with zero attached hydrogens (tertiary/aromatic N) is 2. The van der Waals surface area contributed by atoms with Gasteiger partial charge in [0.1, 0.15) is 11.6 Å². The Morgan fingerprint density at radius 2 is 2.10 bits per heavy atom. The molecule has 5 nitrogen and oxygen atoms in total. The summed E-state index contributed by atoms with van der Waals surface area (Å²) in [6.45, 7) is 0.805. The van der Waals surface area contributed by atoms with Crippen LogP contribution in [0.2, 0.25) is 0 Å². The number of fused-ring (bicyclic) bond motifs is 2. The van der Waals surface area contributed by atoms with Crippen LogP contribution in [0.4, 0.5) is 10.1 Å². The predicted octanol–water partition coefficient (Wildman–Crippen LogP) is 3.52. The van der Waals surface area contributed by atoms with Crippen LogP contribution in [0.3, 0.4) is 0 Å². The number of carbonyl (C=O) groups excluding carboxylic acids is 2. The van der Waals surface area contributed by atoms with Gasteiger partial charge in [0.05, 0.1) is 19.3 Å². The van der Waals surface area contributed by atoms with E-state index in [-0.39, 0.29) is 30.1 Å². The molecule has 0 aromatic heterocycles. The van der Waals surface area contributed by atoms with Crippen LogP contribution in [-0.4, -0.2) is 36.1 Å². The SMILES string of the molecule is COc1ccc2c(c1)[C@@]1(SCCN1C(=O)C1CC1)C(=O)N2Cc1cccc(F)c1. The van der Waals surface area contributed by atoms with Gasteiger partial charge in [-0.05, 0) is 48.7 Å². The van der Waals surface area contributed by atoms with E-state index < -0.39 is 4.87 Å². The summed E-state index contributed by atoms with van der Waals surface area (Å²) < 4.78 is 19.1. The lowest BCUT2D eigenvalue weighted by molar-refractivity contribution is -0.141. The van der Waals surface area contributed by atoms with E-state index in [2.05, 4.69) is 0 Å². The fourth-order valence-corrected chi connectivity index (χ4v) is 5.73. The predicted molar refractivity (Wildman–Crippen MR) is 109 cm³/mol. The first-order valence-corrected chi connectivity index (χ1v) is 10.7. The highest BCUT2D eigenvalue weighted by Gasteiger charge is 2.60. The van der Waals surface area contributed by atoms with Crippen LogP contribution in [0.25, 0.3) is 0 Å². The van der Waals surface area contributed by atoms with E-state index in [9.17, 15) is 14.0 Å². The summed E-state index contributed by atoms with van der Waals surface area (Å²) in [6.07, 6.45) is 1.78.